The third kappa shape index (κ3) is 3.91. The van der Waals surface area contributed by atoms with Gasteiger partial charge >= 0.3 is 5.97 Å². The molecule has 134 valence electrons. The van der Waals surface area contributed by atoms with Gasteiger partial charge < -0.3 is 14.2 Å². The number of carbonyl (C=O) groups excluding carboxylic acids is 1. The van der Waals surface area contributed by atoms with Crippen molar-refractivity contribution in [2.45, 2.75) is 13.8 Å². The van der Waals surface area contributed by atoms with Gasteiger partial charge in [-0.05, 0) is 56.3 Å². The molecule has 0 radical (unpaired) electrons. The van der Waals surface area contributed by atoms with Crippen LogP contribution in [0.15, 0.2) is 53.2 Å². The highest BCUT2D eigenvalue weighted by Gasteiger charge is 2.24. The highest BCUT2D eigenvalue weighted by molar-refractivity contribution is 6.12. The molecule has 0 saturated heterocycles. The zero-order valence-electron chi connectivity index (χ0n) is 14.5. The summed E-state index contributed by atoms with van der Waals surface area (Å²) in [6.07, 6.45) is 1.60. The smallest absolute Gasteiger partial charge is 0.363 e. The Kier molecular flexibility index (Phi) is 5.31. The summed E-state index contributed by atoms with van der Waals surface area (Å²) in [4.78, 5) is 16.3. The Morgan fingerprint density at radius 3 is 2.50 bits per heavy atom. The Balaban J connectivity index is 1.93. The molecule has 3 rings (SSSR count). The van der Waals surface area contributed by atoms with Crippen LogP contribution in [0.5, 0.6) is 11.5 Å². The maximum Gasteiger partial charge on any atom is 0.363 e. The summed E-state index contributed by atoms with van der Waals surface area (Å²) in [6, 6.07) is 10.9. The molecule has 2 aromatic carbocycles. The van der Waals surface area contributed by atoms with Crippen LogP contribution in [0.4, 0.5) is 4.39 Å². The molecule has 1 heterocycles. The van der Waals surface area contributed by atoms with E-state index in [0.29, 0.717) is 35.8 Å². The molecule has 0 spiro atoms. The lowest BCUT2D eigenvalue weighted by molar-refractivity contribution is -0.129. The second-order valence-corrected chi connectivity index (χ2v) is 5.41. The van der Waals surface area contributed by atoms with E-state index in [0.717, 1.165) is 0 Å². The van der Waals surface area contributed by atoms with E-state index in [1.165, 1.54) is 24.3 Å². The van der Waals surface area contributed by atoms with Crippen LogP contribution in [-0.4, -0.2) is 25.1 Å². The van der Waals surface area contributed by atoms with Crippen molar-refractivity contribution in [1.29, 1.82) is 0 Å². The first-order valence-corrected chi connectivity index (χ1v) is 8.29. The second kappa shape index (κ2) is 7.82. The zero-order chi connectivity index (χ0) is 18.5. The fraction of sp³-hybridized carbons (Fsp3) is 0.200. The summed E-state index contributed by atoms with van der Waals surface area (Å²) in [6.45, 7) is 4.79. The molecule has 1 aliphatic rings. The van der Waals surface area contributed by atoms with Crippen LogP contribution in [-0.2, 0) is 9.53 Å². The van der Waals surface area contributed by atoms with Crippen LogP contribution in [0, 0.1) is 5.82 Å². The summed E-state index contributed by atoms with van der Waals surface area (Å²) in [5.74, 6) is 0.475. The van der Waals surface area contributed by atoms with Gasteiger partial charge in [0.15, 0.2) is 5.70 Å². The van der Waals surface area contributed by atoms with Crippen molar-refractivity contribution in [3.8, 4) is 11.5 Å². The van der Waals surface area contributed by atoms with Crippen molar-refractivity contribution >= 4 is 17.9 Å². The maximum atomic E-state index is 13.0. The number of hydrogen-bond acceptors (Lipinski definition) is 5. The second-order valence-electron chi connectivity index (χ2n) is 5.41. The first-order chi connectivity index (χ1) is 12.6. The van der Waals surface area contributed by atoms with E-state index in [9.17, 15) is 9.18 Å². The molecule has 0 aliphatic carbocycles. The van der Waals surface area contributed by atoms with Crippen LogP contribution in [0.2, 0.25) is 0 Å². The van der Waals surface area contributed by atoms with Crippen molar-refractivity contribution in [3.63, 3.8) is 0 Å². The molecule has 0 bridgehead atoms. The minimum absolute atomic E-state index is 0.144. The van der Waals surface area contributed by atoms with E-state index in [2.05, 4.69) is 4.99 Å². The Hall–Kier alpha value is -3.15. The minimum atomic E-state index is -0.569. The predicted molar refractivity (Wildman–Crippen MR) is 95.8 cm³/mol. The van der Waals surface area contributed by atoms with E-state index in [1.54, 1.807) is 24.3 Å². The number of hydrogen-bond donors (Lipinski definition) is 0. The monoisotopic (exact) mass is 355 g/mol. The number of ether oxygens (including phenoxy) is 3. The largest absolute Gasteiger partial charge is 0.494 e. The molecule has 5 nitrogen and oxygen atoms in total. The number of rotatable bonds is 6. The number of nitrogens with zero attached hydrogens (tertiary/aromatic N) is 1. The van der Waals surface area contributed by atoms with Crippen molar-refractivity contribution in [1.82, 2.24) is 0 Å². The number of cyclic esters (lactones) is 1. The molecule has 26 heavy (non-hydrogen) atoms. The van der Waals surface area contributed by atoms with Crippen LogP contribution in [0.25, 0.3) is 6.08 Å². The van der Waals surface area contributed by atoms with Gasteiger partial charge in [-0.2, -0.15) is 0 Å². The van der Waals surface area contributed by atoms with Crippen molar-refractivity contribution in [3.05, 3.63) is 65.1 Å². The third-order valence-electron chi connectivity index (χ3n) is 3.60. The molecule has 0 atom stereocenters. The molecule has 0 saturated carbocycles. The molecule has 0 N–H and O–H groups in total. The topological polar surface area (TPSA) is 57.1 Å². The molecular weight excluding hydrogens is 337 g/mol. The normalized spacial score (nSPS) is 15.0. The van der Waals surface area contributed by atoms with Crippen LogP contribution < -0.4 is 9.47 Å². The van der Waals surface area contributed by atoms with E-state index in [-0.39, 0.29) is 17.4 Å². The van der Waals surface area contributed by atoms with Crippen molar-refractivity contribution < 1.29 is 23.4 Å². The summed E-state index contributed by atoms with van der Waals surface area (Å²) in [5, 5.41) is 0. The number of benzene rings is 2. The van der Waals surface area contributed by atoms with Crippen molar-refractivity contribution in [2.24, 2.45) is 4.99 Å². The van der Waals surface area contributed by atoms with Crippen LogP contribution in [0.1, 0.15) is 25.0 Å². The average Bonchev–Trinajstić information content (AvgIpc) is 2.99. The molecule has 0 amide bonds. The fourth-order valence-corrected chi connectivity index (χ4v) is 2.44. The van der Waals surface area contributed by atoms with Crippen LogP contribution >= 0.6 is 0 Å². The van der Waals surface area contributed by atoms with E-state index in [1.807, 2.05) is 13.8 Å². The number of aliphatic imine (C=N–C) groups is 1. The van der Waals surface area contributed by atoms with Gasteiger partial charge in [-0.3, -0.25) is 0 Å². The SMILES string of the molecule is CCOc1ccc(C=C2N=C(c3ccc(F)cc3)OC2=O)c(OCC)c1. The van der Waals surface area contributed by atoms with Gasteiger partial charge in [0.25, 0.3) is 0 Å². The average molecular weight is 355 g/mol. The van der Waals surface area contributed by atoms with Gasteiger partial charge in [0.2, 0.25) is 5.90 Å². The van der Waals surface area contributed by atoms with E-state index >= 15 is 0 Å². The Morgan fingerprint density at radius 2 is 1.81 bits per heavy atom. The third-order valence-corrected chi connectivity index (χ3v) is 3.60. The Morgan fingerprint density at radius 1 is 1.08 bits per heavy atom. The molecule has 0 unspecified atom stereocenters. The van der Waals surface area contributed by atoms with Gasteiger partial charge in [0.05, 0.1) is 13.2 Å². The van der Waals surface area contributed by atoms with Gasteiger partial charge in [0, 0.05) is 17.2 Å². The highest BCUT2D eigenvalue weighted by Crippen LogP contribution is 2.29. The highest BCUT2D eigenvalue weighted by atomic mass is 19.1. The van der Waals surface area contributed by atoms with Crippen LogP contribution in [0.3, 0.4) is 0 Å². The maximum absolute atomic E-state index is 13.0. The first-order valence-electron chi connectivity index (χ1n) is 8.29. The minimum Gasteiger partial charge on any atom is -0.494 e. The number of halogens is 1. The summed E-state index contributed by atoms with van der Waals surface area (Å²) in [7, 11) is 0. The standard InChI is InChI=1S/C20H18FNO4/c1-3-24-16-10-7-14(18(12-16)25-4-2)11-17-20(23)26-19(22-17)13-5-8-15(21)9-6-13/h5-12H,3-4H2,1-2H3. The lowest BCUT2D eigenvalue weighted by atomic mass is 10.1. The molecule has 1 aliphatic heterocycles. The summed E-state index contributed by atoms with van der Waals surface area (Å²) >= 11 is 0. The quantitative estimate of drug-likeness (QED) is 0.581. The van der Waals surface area contributed by atoms with Gasteiger partial charge in [-0.15, -0.1) is 0 Å². The molecule has 0 fully saturated rings. The first kappa shape index (κ1) is 17.7. The number of esters is 1. The lowest BCUT2D eigenvalue weighted by Gasteiger charge is -2.10. The van der Waals surface area contributed by atoms with Gasteiger partial charge in [-0.25, -0.2) is 14.2 Å². The van der Waals surface area contributed by atoms with Gasteiger partial charge in [0.1, 0.15) is 17.3 Å². The van der Waals surface area contributed by atoms with E-state index < -0.39 is 5.97 Å². The molecule has 2 aromatic rings. The Labute approximate surface area is 150 Å². The number of carbonyl (C=O) groups is 1. The predicted octanol–water partition coefficient (Wildman–Crippen LogP) is 3.97. The molecule has 0 aromatic heterocycles. The van der Waals surface area contributed by atoms with Crippen molar-refractivity contribution in [2.75, 3.05) is 13.2 Å². The zero-order valence-corrected chi connectivity index (χ0v) is 14.5. The van der Waals surface area contributed by atoms with Gasteiger partial charge in [-0.1, -0.05) is 0 Å². The fourth-order valence-electron chi connectivity index (χ4n) is 2.44. The summed E-state index contributed by atoms with van der Waals surface area (Å²) in [5.41, 5.74) is 1.36. The molecule has 6 heteroatoms. The van der Waals surface area contributed by atoms with E-state index in [4.69, 9.17) is 14.2 Å². The summed E-state index contributed by atoms with van der Waals surface area (Å²) < 4.78 is 29.3. The lowest BCUT2D eigenvalue weighted by Crippen LogP contribution is -2.05. The molecular formula is C20H18FNO4. The Bertz CT molecular complexity index is 872.